The summed E-state index contributed by atoms with van der Waals surface area (Å²) in [6, 6.07) is 1.77. The standard InChI is InChI=1S/C26H36O9/c1-13(27)33-20-21(34-14(2)28)23(4,5)26(31)10-8-16-18(24(26,6)22(20)35-15(3)29)12-19-17(9-11-32-19)25(16,7)30/h9,11,16,18,20-22,30-31H,8,10,12H2,1-7H3. The van der Waals surface area contributed by atoms with Crippen molar-refractivity contribution in [2.75, 3.05) is 0 Å². The van der Waals surface area contributed by atoms with Gasteiger partial charge >= 0.3 is 17.9 Å². The predicted molar refractivity (Wildman–Crippen MR) is 122 cm³/mol. The van der Waals surface area contributed by atoms with Crippen LogP contribution in [0.3, 0.4) is 0 Å². The van der Waals surface area contributed by atoms with Crippen LogP contribution in [0.15, 0.2) is 16.7 Å². The maximum Gasteiger partial charge on any atom is 0.303 e. The normalized spacial score (nSPS) is 41.6. The zero-order chi connectivity index (χ0) is 26.1. The Morgan fingerprint density at radius 1 is 0.914 bits per heavy atom. The highest BCUT2D eigenvalue weighted by Crippen LogP contribution is 2.68. The number of rotatable bonds is 3. The molecule has 9 heteroatoms. The summed E-state index contributed by atoms with van der Waals surface area (Å²) in [5, 5.41) is 24.2. The first-order valence-corrected chi connectivity index (χ1v) is 12.1. The number of hydrogen-bond donors (Lipinski definition) is 2. The molecule has 3 aliphatic carbocycles. The topological polar surface area (TPSA) is 132 Å². The quantitative estimate of drug-likeness (QED) is 0.483. The first-order valence-electron chi connectivity index (χ1n) is 12.1. The van der Waals surface area contributed by atoms with Gasteiger partial charge in [-0.05, 0) is 37.7 Å². The van der Waals surface area contributed by atoms with E-state index < -0.39 is 64.2 Å². The van der Waals surface area contributed by atoms with E-state index in [1.165, 1.54) is 27.0 Å². The van der Waals surface area contributed by atoms with Crippen molar-refractivity contribution in [2.45, 2.75) is 97.2 Å². The Hall–Kier alpha value is -2.39. The third kappa shape index (κ3) is 3.45. The highest BCUT2D eigenvalue weighted by Gasteiger charge is 2.77. The molecule has 0 bridgehead atoms. The van der Waals surface area contributed by atoms with E-state index in [9.17, 15) is 24.6 Å². The molecule has 35 heavy (non-hydrogen) atoms. The fourth-order valence-electron chi connectivity index (χ4n) is 7.62. The first-order chi connectivity index (χ1) is 16.1. The van der Waals surface area contributed by atoms with E-state index in [4.69, 9.17) is 18.6 Å². The van der Waals surface area contributed by atoms with Crippen molar-refractivity contribution in [1.82, 2.24) is 0 Å². The second-order valence-electron chi connectivity index (χ2n) is 11.4. The Labute approximate surface area is 205 Å². The number of hydrogen-bond acceptors (Lipinski definition) is 9. The van der Waals surface area contributed by atoms with Gasteiger partial charge in [0.05, 0.1) is 17.5 Å². The van der Waals surface area contributed by atoms with Gasteiger partial charge in [0, 0.05) is 43.6 Å². The second kappa shape index (κ2) is 8.06. The Kier molecular flexibility index (Phi) is 5.92. The SMILES string of the molecule is CC(=O)OC1C(OC(C)=O)C(C)(C)C2(O)CCC3C(Cc4occc4C3(C)O)C2(C)C1OC(C)=O. The highest BCUT2D eigenvalue weighted by molar-refractivity contribution is 5.69. The predicted octanol–water partition coefficient (Wildman–Crippen LogP) is 2.64. The van der Waals surface area contributed by atoms with Crippen LogP contribution in [0, 0.1) is 22.7 Å². The molecule has 1 aromatic heterocycles. The van der Waals surface area contributed by atoms with Crippen molar-refractivity contribution < 1.29 is 43.2 Å². The smallest absolute Gasteiger partial charge is 0.303 e. The van der Waals surface area contributed by atoms with Gasteiger partial charge < -0.3 is 28.8 Å². The molecule has 1 aromatic rings. The number of fused-ring (bicyclic) bond motifs is 4. The summed E-state index contributed by atoms with van der Waals surface area (Å²) in [7, 11) is 0. The van der Waals surface area contributed by atoms with Gasteiger partial charge in [-0.3, -0.25) is 14.4 Å². The van der Waals surface area contributed by atoms with Gasteiger partial charge in [0.1, 0.15) is 5.76 Å². The highest BCUT2D eigenvalue weighted by atomic mass is 16.6. The lowest BCUT2D eigenvalue weighted by atomic mass is 9.39. The lowest BCUT2D eigenvalue weighted by Crippen LogP contribution is -2.79. The van der Waals surface area contributed by atoms with E-state index in [2.05, 4.69) is 0 Å². The minimum atomic E-state index is -1.52. The summed E-state index contributed by atoms with van der Waals surface area (Å²) < 4.78 is 23.0. The van der Waals surface area contributed by atoms with Crippen LogP contribution in [0.5, 0.6) is 0 Å². The number of aliphatic hydroxyl groups is 2. The number of furan rings is 1. The van der Waals surface area contributed by atoms with Crippen LogP contribution in [0.2, 0.25) is 0 Å². The van der Waals surface area contributed by atoms with Gasteiger partial charge in [0.15, 0.2) is 18.3 Å². The molecule has 3 aliphatic rings. The molecule has 0 spiro atoms. The zero-order valence-electron chi connectivity index (χ0n) is 21.4. The Balaban J connectivity index is 1.96. The van der Waals surface area contributed by atoms with Crippen molar-refractivity contribution in [1.29, 1.82) is 0 Å². The molecule has 0 aromatic carbocycles. The number of carbonyl (C=O) groups excluding carboxylic acids is 3. The minimum absolute atomic E-state index is 0.253. The fraction of sp³-hybridized carbons (Fsp3) is 0.731. The molecule has 8 atom stereocenters. The van der Waals surface area contributed by atoms with E-state index in [0.29, 0.717) is 24.2 Å². The van der Waals surface area contributed by atoms with Crippen molar-refractivity contribution >= 4 is 17.9 Å². The molecular formula is C26H36O9. The third-order valence-corrected chi connectivity index (χ3v) is 9.24. The van der Waals surface area contributed by atoms with E-state index in [1.807, 2.05) is 6.92 Å². The average Bonchev–Trinajstić information content (AvgIpc) is 3.20. The maximum absolute atomic E-state index is 12.6. The third-order valence-electron chi connectivity index (χ3n) is 9.24. The van der Waals surface area contributed by atoms with Gasteiger partial charge in [-0.15, -0.1) is 0 Å². The van der Waals surface area contributed by atoms with Crippen LogP contribution in [-0.4, -0.2) is 52.0 Å². The molecule has 0 saturated heterocycles. The number of ether oxygens (including phenoxy) is 3. The summed E-state index contributed by atoms with van der Waals surface area (Å²) in [6.07, 6.45) is -0.725. The fourth-order valence-corrected chi connectivity index (χ4v) is 7.62. The van der Waals surface area contributed by atoms with Gasteiger partial charge in [0.25, 0.3) is 0 Å². The van der Waals surface area contributed by atoms with E-state index in [-0.39, 0.29) is 12.3 Å². The van der Waals surface area contributed by atoms with Crippen LogP contribution < -0.4 is 0 Å². The zero-order valence-corrected chi connectivity index (χ0v) is 21.4. The van der Waals surface area contributed by atoms with Gasteiger partial charge in [-0.1, -0.05) is 20.8 Å². The summed E-state index contributed by atoms with van der Waals surface area (Å²) in [4.78, 5) is 36.7. The van der Waals surface area contributed by atoms with Gasteiger partial charge in [0.2, 0.25) is 0 Å². The molecule has 1 heterocycles. The summed E-state index contributed by atoms with van der Waals surface area (Å²) in [5.74, 6) is -1.97. The summed E-state index contributed by atoms with van der Waals surface area (Å²) >= 11 is 0. The molecule has 0 radical (unpaired) electrons. The average molecular weight is 493 g/mol. The molecule has 0 amide bonds. The summed E-state index contributed by atoms with van der Waals surface area (Å²) in [5.41, 5.74) is -4.36. The molecule has 0 aliphatic heterocycles. The Bertz CT molecular complexity index is 1040. The lowest BCUT2D eigenvalue weighted by Gasteiger charge is -2.70. The van der Waals surface area contributed by atoms with Crippen molar-refractivity contribution in [3.63, 3.8) is 0 Å². The second-order valence-corrected chi connectivity index (χ2v) is 11.4. The van der Waals surface area contributed by atoms with Crippen LogP contribution in [0.4, 0.5) is 0 Å². The summed E-state index contributed by atoms with van der Waals surface area (Å²) in [6.45, 7) is 10.8. The van der Waals surface area contributed by atoms with E-state index >= 15 is 0 Å². The van der Waals surface area contributed by atoms with Crippen LogP contribution in [0.1, 0.15) is 72.6 Å². The Morgan fingerprint density at radius 2 is 1.49 bits per heavy atom. The Morgan fingerprint density at radius 3 is 2.06 bits per heavy atom. The molecule has 2 fully saturated rings. The van der Waals surface area contributed by atoms with Crippen LogP contribution in [0.25, 0.3) is 0 Å². The minimum Gasteiger partial charge on any atom is -0.469 e. The lowest BCUT2D eigenvalue weighted by molar-refractivity contribution is -0.339. The van der Waals surface area contributed by atoms with Gasteiger partial charge in [-0.2, -0.15) is 0 Å². The van der Waals surface area contributed by atoms with Crippen molar-refractivity contribution in [3.05, 3.63) is 23.7 Å². The molecule has 2 N–H and O–H groups in total. The van der Waals surface area contributed by atoms with Gasteiger partial charge in [-0.25, -0.2) is 0 Å². The molecule has 194 valence electrons. The van der Waals surface area contributed by atoms with Crippen LogP contribution >= 0.6 is 0 Å². The number of carbonyl (C=O) groups is 3. The van der Waals surface area contributed by atoms with Crippen molar-refractivity contribution in [2.24, 2.45) is 22.7 Å². The molecule has 8 unspecified atom stereocenters. The first kappa shape index (κ1) is 25.7. The molecule has 4 rings (SSSR count). The monoisotopic (exact) mass is 492 g/mol. The molecule has 9 nitrogen and oxygen atoms in total. The van der Waals surface area contributed by atoms with Crippen molar-refractivity contribution in [3.8, 4) is 0 Å². The van der Waals surface area contributed by atoms with Crippen LogP contribution in [-0.2, 0) is 40.6 Å². The van der Waals surface area contributed by atoms with E-state index in [0.717, 1.165) is 0 Å². The van der Waals surface area contributed by atoms with E-state index in [1.54, 1.807) is 26.8 Å². The maximum atomic E-state index is 12.6. The molecule has 2 saturated carbocycles. The molecular weight excluding hydrogens is 456 g/mol. The number of esters is 3. The largest absolute Gasteiger partial charge is 0.469 e.